The Bertz CT molecular complexity index is 643. The smallest absolute Gasteiger partial charge is 0.276 e. The van der Waals surface area contributed by atoms with Gasteiger partial charge in [-0.25, -0.2) is 0 Å². The number of benzene rings is 1. The molecule has 4 rings (SSSR count). The predicted octanol–water partition coefficient (Wildman–Crippen LogP) is 3.08. The van der Waals surface area contributed by atoms with E-state index in [2.05, 4.69) is 33.9 Å². The van der Waals surface area contributed by atoms with Gasteiger partial charge in [-0.3, -0.25) is 4.79 Å². The Kier molecular flexibility index (Phi) is 3.03. The third kappa shape index (κ3) is 1.83. The molecule has 108 valence electrons. The predicted molar refractivity (Wildman–Crippen MR) is 81.0 cm³/mol. The van der Waals surface area contributed by atoms with E-state index in [4.69, 9.17) is 0 Å². The highest BCUT2D eigenvalue weighted by Crippen LogP contribution is 2.54. The number of likely N-dealkylation sites (tertiary alicyclic amines) is 1. The van der Waals surface area contributed by atoms with E-state index in [1.54, 1.807) is 5.38 Å². The molecule has 1 aromatic carbocycles. The van der Waals surface area contributed by atoms with Gasteiger partial charge in [0, 0.05) is 17.8 Å². The van der Waals surface area contributed by atoms with Crippen LogP contribution in [-0.2, 0) is 5.54 Å². The summed E-state index contributed by atoms with van der Waals surface area (Å²) in [7, 11) is 0. The SMILES string of the molecule is O=C(c1csnn1)N1C[C@H]2CCCC[C@@]21c1ccccc1. The number of nitrogens with zero attached hydrogens (tertiary/aromatic N) is 3. The average Bonchev–Trinajstić information content (AvgIpc) is 3.04. The number of fused-ring (bicyclic) bond motifs is 1. The Balaban J connectivity index is 1.74. The second kappa shape index (κ2) is 4.91. The summed E-state index contributed by atoms with van der Waals surface area (Å²) >= 11 is 1.24. The fourth-order valence-electron chi connectivity index (χ4n) is 4.02. The van der Waals surface area contributed by atoms with Crippen LogP contribution in [0.15, 0.2) is 35.7 Å². The van der Waals surface area contributed by atoms with E-state index in [-0.39, 0.29) is 11.4 Å². The molecule has 0 spiro atoms. The number of carbonyl (C=O) groups is 1. The fraction of sp³-hybridized carbons (Fsp3) is 0.438. The Labute approximate surface area is 128 Å². The first-order valence-electron chi connectivity index (χ1n) is 7.47. The lowest BCUT2D eigenvalue weighted by molar-refractivity contribution is -0.0871. The lowest BCUT2D eigenvalue weighted by Crippen LogP contribution is -2.67. The van der Waals surface area contributed by atoms with Crippen molar-refractivity contribution in [2.75, 3.05) is 6.54 Å². The minimum Gasteiger partial charge on any atom is -0.327 e. The van der Waals surface area contributed by atoms with Crippen molar-refractivity contribution in [1.82, 2.24) is 14.5 Å². The zero-order chi connectivity index (χ0) is 14.3. The molecule has 4 nitrogen and oxygen atoms in total. The highest BCUT2D eigenvalue weighted by Gasteiger charge is 2.57. The van der Waals surface area contributed by atoms with Gasteiger partial charge in [0.1, 0.15) is 0 Å². The summed E-state index contributed by atoms with van der Waals surface area (Å²) in [5.74, 6) is 0.620. The van der Waals surface area contributed by atoms with Crippen molar-refractivity contribution in [3.8, 4) is 0 Å². The van der Waals surface area contributed by atoms with Gasteiger partial charge < -0.3 is 4.90 Å². The van der Waals surface area contributed by atoms with E-state index in [0.717, 1.165) is 13.0 Å². The fourth-order valence-corrected chi connectivity index (χ4v) is 4.45. The van der Waals surface area contributed by atoms with E-state index < -0.39 is 0 Å². The lowest BCUT2D eigenvalue weighted by Gasteiger charge is -2.61. The van der Waals surface area contributed by atoms with Crippen molar-refractivity contribution >= 4 is 17.4 Å². The van der Waals surface area contributed by atoms with E-state index in [1.807, 2.05) is 11.0 Å². The Morgan fingerprint density at radius 2 is 2.14 bits per heavy atom. The molecule has 1 saturated carbocycles. The third-order valence-corrected chi connectivity index (χ3v) is 5.52. The molecule has 1 aromatic heterocycles. The van der Waals surface area contributed by atoms with Crippen molar-refractivity contribution in [2.45, 2.75) is 31.2 Å². The summed E-state index contributed by atoms with van der Waals surface area (Å²) in [6.45, 7) is 0.852. The van der Waals surface area contributed by atoms with Gasteiger partial charge >= 0.3 is 0 Å². The monoisotopic (exact) mass is 299 g/mol. The number of carbonyl (C=O) groups excluding carboxylic acids is 1. The van der Waals surface area contributed by atoms with Crippen molar-refractivity contribution < 1.29 is 4.79 Å². The second-order valence-corrected chi connectivity index (χ2v) is 6.55. The first-order chi connectivity index (χ1) is 10.3. The topological polar surface area (TPSA) is 46.1 Å². The van der Waals surface area contributed by atoms with Crippen molar-refractivity contribution in [3.05, 3.63) is 47.0 Å². The van der Waals surface area contributed by atoms with Crippen LogP contribution in [0.1, 0.15) is 41.7 Å². The van der Waals surface area contributed by atoms with E-state index in [0.29, 0.717) is 11.6 Å². The van der Waals surface area contributed by atoms with Crippen molar-refractivity contribution in [3.63, 3.8) is 0 Å². The Hall–Kier alpha value is -1.75. The largest absolute Gasteiger partial charge is 0.327 e. The van der Waals surface area contributed by atoms with Gasteiger partial charge in [0.2, 0.25) is 0 Å². The lowest BCUT2D eigenvalue weighted by atomic mass is 9.61. The third-order valence-electron chi connectivity index (χ3n) is 5.02. The van der Waals surface area contributed by atoms with Gasteiger partial charge in [0.15, 0.2) is 5.69 Å². The van der Waals surface area contributed by atoms with Gasteiger partial charge in [-0.1, -0.05) is 47.7 Å². The normalized spacial score (nSPS) is 27.8. The average molecular weight is 299 g/mol. The van der Waals surface area contributed by atoms with Gasteiger partial charge in [-0.05, 0) is 29.9 Å². The molecule has 2 atom stereocenters. The van der Waals surface area contributed by atoms with Gasteiger partial charge in [0.25, 0.3) is 5.91 Å². The zero-order valence-electron chi connectivity index (χ0n) is 11.7. The van der Waals surface area contributed by atoms with E-state index in [9.17, 15) is 4.79 Å². The first kappa shape index (κ1) is 13.0. The standard InChI is InChI=1S/C16H17N3OS/c20-15(14-11-21-18-17-14)19-10-13-8-4-5-9-16(13,19)12-6-2-1-3-7-12/h1-3,6-7,11,13H,4-5,8-10H2/t13-,16-/m1/s1. The minimum absolute atomic E-state index is 0.0331. The number of hydrogen-bond acceptors (Lipinski definition) is 4. The molecule has 2 heterocycles. The molecule has 21 heavy (non-hydrogen) atoms. The molecule has 2 aromatic rings. The molecular formula is C16H17N3OS. The molecule has 0 N–H and O–H groups in total. The molecule has 1 aliphatic heterocycles. The van der Waals surface area contributed by atoms with E-state index >= 15 is 0 Å². The van der Waals surface area contributed by atoms with Gasteiger partial charge in [-0.15, -0.1) is 5.10 Å². The summed E-state index contributed by atoms with van der Waals surface area (Å²) in [6, 6.07) is 10.5. The Morgan fingerprint density at radius 1 is 1.29 bits per heavy atom. The second-order valence-electron chi connectivity index (χ2n) is 5.94. The number of hydrogen-bond donors (Lipinski definition) is 0. The van der Waals surface area contributed by atoms with Crippen LogP contribution < -0.4 is 0 Å². The number of rotatable bonds is 2. The molecule has 5 heteroatoms. The maximum Gasteiger partial charge on any atom is 0.276 e. The first-order valence-corrected chi connectivity index (χ1v) is 8.30. The van der Waals surface area contributed by atoms with Crippen LogP contribution in [0.2, 0.25) is 0 Å². The molecule has 0 bridgehead atoms. The maximum absolute atomic E-state index is 12.8. The molecule has 0 radical (unpaired) electrons. The van der Waals surface area contributed by atoms with Crippen molar-refractivity contribution in [2.24, 2.45) is 5.92 Å². The zero-order valence-corrected chi connectivity index (χ0v) is 12.6. The summed E-state index contributed by atoms with van der Waals surface area (Å²) in [5.41, 5.74) is 1.65. The van der Waals surface area contributed by atoms with Crippen molar-refractivity contribution in [1.29, 1.82) is 0 Å². The summed E-state index contributed by atoms with van der Waals surface area (Å²) in [6.07, 6.45) is 4.74. The van der Waals surface area contributed by atoms with Crippen LogP contribution >= 0.6 is 11.5 Å². The molecule has 1 amide bonds. The number of amides is 1. The van der Waals surface area contributed by atoms with Crippen LogP contribution in [0, 0.1) is 5.92 Å². The van der Waals surface area contributed by atoms with Crippen LogP contribution in [-0.4, -0.2) is 26.9 Å². The Morgan fingerprint density at radius 3 is 2.86 bits per heavy atom. The van der Waals surface area contributed by atoms with Gasteiger partial charge in [-0.2, -0.15) is 0 Å². The van der Waals surface area contributed by atoms with Crippen LogP contribution in [0.3, 0.4) is 0 Å². The van der Waals surface area contributed by atoms with E-state index in [1.165, 1.54) is 36.4 Å². The molecule has 1 aliphatic carbocycles. The minimum atomic E-state index is -0.111. The molecule has 2 aliphatic rings. The summed E-state index contributed by atoms with van der Waals surface area (Å²) < 4.78 is 3.83. The number of aromatic nitrogens is 2. The van der Waals surface area contributed by atoms with Crippen LogP contribution in [0.4, 0.5) is 0 Å². The van der Waals surface area contributed by atoms with Crippen LogP contribution in [0.5, 0.6) is 0 Å². The molecule has 2 fully saturated rings. The highest BCUT2D eigenvalue weighted by atomic mass is 32.1. The quantitative estimate of drug-likeness (QED) is 0.856. The molecular weight excluding hydrogens is 282 g/mol. The summed E-state index contributed by atoms with van der Waals surface area (Å²) in [4.78, 5) is 14.8. The molecule has 1 saturated heterocycles. The summed E-state index contributed by atoms with van der Waals surface area (Å²) in [5, 5.41) is 5.71. The maximum atomic E-state index is 12.8. The van der Waals surface area contributed by atoms with Crippen LogP contribution in [0.25, 0.3) is 0 Å². The highest BCUT2D eigenvalue weighted by molar-refractivity contribution is 7.03. The molecule has 0 unspecified atom stereocenters. The van der Waals surface area contributed by atoms with Gasteiger partial charge in [0.05, 0.1) is 5.54 Å².